The quantitative estimate of drug-likeness (QED) is 0.795. The van der Waals surface area contributed by atoms with Gasteiger partial charge in [0.1, 0.15) is 0 Å². The van der Waals surface area contributed by atoms with Gasteiger partial charge in [-0.15, -0.1) is 0 Å². The van der Waals surface area contributed by atoms with Crippen LogP contribution in [-0.4, -0.2) is 5.92 Å². The van der Waals surface area contributed by atoms with Gasteiger partial charge in [0, 0.05) is 12.5 Å². The first-order valence-electron chi connectivity index (χ1n) is 4.58. The highest BCUT2D eigenvalue weighted by molar-refractivity contribution is 5.23. The Hall–Kier alpha value is -0.960. The minimum Gasteiger partial charge on any atom is -0.324 e. The molecule has 0 radical (unpaired) electrons. The molecule has 1 aromatic rings. The fourth-order valence-corrected chi connectivity index (χ4v) is 1.32. The van der Waals surface area contributed by atoms with Gasteiger partial charge in [-0.2, -0.15) is 0 Å². The SMILES string of the molecule is Cc1ccc(C(N)CC(C)(F)F)cc1. The normalized spacial score (nSPS) is 14.1. The summed E-state index contributed by atoms with van der Waals surface area (Å²) in [5.41, 5.74) is 7.51. The van der Waals surface area contributed by atoms with Crippen molar-refractivity contribution in [3.8, 4) is 0 Å². The maximum Gasteiger partial charge on any atom is 0.247 e. The van der Waals surface area contributed by atoms with Crippen molar-refractivity contribution in [1.29, 1.82) is 0 Å². The van der Waals surface area contributed by atoms with Gasteiger partial charge in [-0.1, -0.05) is 29.8 Å². The van der Waals surface area contributed by atoms with Crippen LogP contribution in [0.1, 0.15) is 30.5 Å². The zero-order chi connectivity index (χ0) is 10.8. The van der Waals surface area contributed by atoms with E-state index in [-0.39, 0.29) is 6.42 Å². The van der Waals surface area contributed by atoms with Crippen LogP contribution >= 0.6 is 0 Å². The summed E-state index contributed by atoms with van der Waals surface area (Å²) >= 11 is 0. The number of alkyl halides is 2. The predicted octanol–water partition coefficient (Wildman–Crippen LogP) is 3.04. The number of nitrogens with two attached hydrogens (primary N) is 1. The Morgan fingerprint density at radius 2 is 1.79 bits per heavy atom. The number of benzene rings is 1. The highest BCUT2D eigenvalue weighted by Gasteiger charge is 2.25. The minimum absolute atomic E-state index is 0.309. The van der Waals surface area contributed by atoms with Gasteiger partial charge in [0.2, 0.25) is 5.92 Å². The Labute approximate surface area is 82.9 Å². The van der Waals surface area contributed by atoms with Gasteiger partial charge in [0.25, 0.3) is 0 Å². The molecule has 0 aliphatic rings. The van der Waals surface area contributed by atoms with Gasteiger partial charge in [-0.05, 0) is 19.4 Å². The van der Waals surface area contributed by atoms with E-state index in [1.54, 1.807) is 12.1 Å². The van der Waals surface area contributed by atoms with Crippen LogP contribution in [0, 0.1) is 6.92 Å². The fraction of sp³-hybridized carbons (Fsp3) is 0.455. The summed E-state index contributed by atoms with van der Waals surface area (Å²) in [4.78, 5) is 0. The van der Waals surface area contributed by atoms with E-state index in [4.69, 9.17) is 5.73 Å². The Morgan fingerprint density at radius 3 is 2.21 bits per heavy atom. The molecule has 0 saturated carbocycles. The average molecular weight is 199 g/mol. The van der Waals surface area contributed by atoms with Crippen molar-refractivity contribution >= 4 is 0 Å². The molecule has 1 aromatic carbocycles. The lowest BCUT2D eigenvalue weighted by molar-refractivity contribution is 0.00616. The van der Waals surface area contributed by atoms with Crippen molar-refractivity contribution in [3.63, 3.8) is 0 Å². The topological polar surface area (TPSA) is 26.0 Å². The second-order valence-corrected chi connectivity index (χ2v) is 3.79. The predicted molar refractivity (Wildman–Crippen MR) is 53.3 cm³/mol. The monoisotopic (exact) mass is 199 g/mol. The first-order chi connectivity index (χ1) is 6.38. The summed E-state index contributed by atoms with van der Waals surface area (Å²) < 4.78 is 25.3. The van der Waals surface area contributed by atoms with Gasteiger partial charge in [-0.25, -0.2) is 8.78 Å². The van der Waals surface area contributed by atoms with Crippen LogP contribution in [0.2, 0.25) is 0 Å². The summed E-state index contributed by atoms with van der Waals surface area (Å²) in [5.74, 6) is -2.70. The lowest BCUT2D eigenvalue weighted by Gasteiger charge is -2.17. The van der Waals surface area contributed by atoms with Crippen molar-refractivity contribution in [2.24, 2.45) is 5.73 Å². The van der Waals surface area contributed by atoms with E-state index in [0.717, 1.165) is 18.1 Å². The molecule has 0 aromatic heterocycles. The second-order valence-electron chi connectivity index (χ2n) is 3.79. The van der Waals surface area contributed by atoms with Crippen molar-refractivity contribution in [3.05, 3.63) is 35.4 Å². The molecule has 0 fully saturated rings. The first-order valence-corrected chi connectivity index (χ1v) is 4.58. The highest BCUT2D eigenvalue weighted by Crippen LogP contribution is 2.26. The average Bonchev–Trinajstić information content (AvgIpc) is 2.02. The van der Waals surface area contributed by atoms with Crippen LogP contribution in [0.15, 0.2) is 24.3 Å². The van der Waals surface area contributed by atoms with Crippen molar-refractivity contribution in [1.82, 2.24) is 0 Å². The number of hydrogen-bond donors (Lipinski definition) is 1. The maximum atomic E-state index is 12.7. The third-order valence-corrected chi connectivity index (χ3v) is 2.08. The zero-order valence-electron chi connectivity index (χ0n) is 8.43. The molecular formula is C11H15F2N. The molecule has 0 heterocycles. The molecule has 0 amide bonds. The number of rotatable bonds is 3. The number of halogens is 2. The molecule has 14 heavy (non-hydrogen) atoms. The van der Waals surface area contributed by atoms with Gasteiger partial charge >= 0.3 is 0 Å². The summed E-state index contributed by atoms with van der Waals surface area (Å²) in [6.07, 6.45) is -0.309. The molecule has 0 saturated heterocycles. The van der Waals surface area contributed by atoms with Gasteiger partial charge < -0.3 is 5.73 Å². The Kier molecular flexibility index (Phi) is 3.21. The summed E-state index contributed by atoms with van der Waals surface area (Å²) in [5, 5.41) is 0. The largest absolute Gasteiger partial charge is 0.324 e. The third-order valence-electron chi connectivity index (χ3n) is 2.08. The number of hydrogen-bond acceptors (Lipinski definition) is 1. The summed E-state index contributed by atoms with van der Waals surface area (Å²) in [6, 6.07) is 6.76. The molecule has 1 unspecified atom stereocenters. The third kappa shape index (κ3) is 3.42. The lowest BCUT2D eigenvalue weighted by atomic mass is 10.0. The van der Waals surface area contributed by atoms with Gasteiger partial charge in [-0.3, -0.25) is 0 Å². The molecule has 0 aliphatic heterocycles. The molecule has 78 valence electrons. The Morgan fingerprint density at radius 1 is 1.29 bits per heavy atom. The lowest BCUT2D eigenvalue weighted by Crippen LogP contribution is -2.21. The molecule has 2 N–H and O–H groups in total. The smallest absolute Gasteiger partial charge is 0.247 e. The van der Waals surface area contributed by atoms with Crippen LogP contribution in [0.4, 0.5) is 8.78 Å². The van der Waals surface area contributed by atoms with Crippen molar-refractivity contribution in [2.45, 2.75) is 32.2 Å². The van der Waals surface area contributed by atoms with E-state index in [1.165, 1.54) is 0 Å². The standard InChI is InChI=1S/C11H15F2N/c1-8-3-5-9(6-4-8)10(14)7-11(2,12)13/h3-6,10H,7,14H2,1-2H3. The van der Waals surface area contributed by atoms with E-state index in [9.17, 15) is 8.78 Å². The molecule has 1 nitrogen and oxygen atoms in total. The Bertz CT molecular complexity index is 287. The molecule has 1 atom stereocenters. The number of aryl methyl sites for hydroxylation is 1. The maximum absolute atomic E-state index is 12.7. The highest BCUT2D eigenvalue weighted by atomic mass is 19.3. The van der Waals surface area contributed by atoms with Crippen LogP contribution in [0.5, 0.6) is 0 Å². The van der Waals surface area contributed by atoms with Crippen molar-refractivity contribution in [2.75, 3.05) is 0 Å². The molecule has 0 bridgehead atoms. The zero-order valence-corrected chi connectivity index (χ0v) is 8.43. The van der Waals surface area contributed by atoms with E-state index < -0.39 is 12.0 Å². The minimum atomic E-state index is -2.70. The van der Waals surface area contributed by atoms with Crippen LogP contribution in [0.3, 0.4) is 0 Å². The van der Waals surface area contributed by atoms with Crippen LogP contribution < -0.4 is 5.73 Å². The van der Waals surface area contributed by atoms with Gasteiger partial charge in [0.05, 0.1) is 0 Å². The van der Waals surface area contributed by atoms with Gasteiger partial charge in [0.15, 0.2) is 0 Å². The first kappa shape index (κ1) is 11.1. The van der Waals surface area contributed by atoms with E-state index in [2.05, 4.69) is 0 Å². The fourth-order valence-electron chi connectivity index (χ4n) is 1.32. The molecule has 3 heteroatoms. The molecular weight excluding hydrogens is 184 g/mol. The molecule has 1 rings (SSSR count). The molecule has 0 spiro atoms. The molecule has 0 aliphatic carbocycles. The van der Waals surface area contributed by atoms with E-state index in [1.807, 2.05) is 19.1 Å². The van der Waals surface area contributed by atoms with Crippen LogP contribution in [-0.2, 0) is 0 Å². The second kappa shape index (κ2) is 4.05. The summed E-state index contributed by atoms with van der Waals surface area (Å²) in [6.45, 7) is 2.84. The Balaban J connectivity index is 2.70. The van der Waals surface area contributed by atoms with Crippen LogP contribution in [0.25, 0.3) is 0 Å². The summed E-state index contributed by atoms with van der Waals surface area (Å²) in [7, 11) is 0. The van der Waals surface area contributed by atoms with Crippen molar-refractivity contribution < 1.29 is 8.78 Å². The van der Waals surface area contributed by atoms with E-state index >= 15 is 0 Å². The van der Waals surface area contributed by atoms with E-state index in [0.29, 0.717) is 0 Å².